The van der Waals surface area contributed by atoms with Crippen LogP contribution in [0.5, 0.6) is 0 Å². The van der Waals surface area contributed by atoms with Gasteiger partial charge in [0.05, 0.1) is 17.6 Å². The summed E-state index contributed by atoms with van der Waals surface area (Å²) < 4.78 is 27.6. The van der Waals surface area contributed by atoms with E-state index in [-0.39, 0.29) is 25.4 Å². The highest BCUT2D eigenvalue weighted by Gasteiger charge is 2.31. The second-order valence-electron chi connectivity index (χ2n) is 4.00. The Hall–Kier alpha value is -1.31. The minimum atomic E-state index is -3.06. The quantitative estimate of drug-likeness (QED) is 0.655. The average molecular weight is 278 g/mol. The Morgan fingerprint density at radius 3 is 2.61 bits per heavy atom. The van der Waals surface area contributed by atoms with Crippen LogP contribution in [-0.4, -0.2) is 51.1 Å². The van der Waals surface area contributed by atoms with Crippen molar-refractivity contribution in [3.05, 3.63) is 0 Å². The molecule has 0 aromatic carbocycles. The van der Waals surface area contributed by atoms with E-state index < -0.39 is 27.1 Å². The molecular formula is C10H18N2O5S. The summed E-state index contributed by atoms with van der Waals surface area (Å²) in [5.74, 6) is -0.342. The van der Waals surface area contributed by atoms with Crippen molar-refractivity contribution in [2.24, 2.45) is 0 Å². The molecule has 2 amide bonds. The average Bonchev–Trinajstić information content (AvgIpc) is 2.63. The van der Waals surface area contributed by atoms with Gasteiger partial charge in [0.1, 0.15) is 6.54 Å². The first-order chi connectivity index (χ1) is 8.45. The summed E-state index contributed by atoms with van der Waals surface area (Å²) in [6, 6.07) is -0.565. The number of hydrogen-bond donors (Lipinski definition) is 2. The molecule has 1 aliphatic heterocycles. The molecule has 7 nitrogen and oxygen atoms in total. The number of hydrogen-bond acceptors (Lipinski definition) is 5. The Balaban J connectivity index is 2.23. The lowest BCUT2D eigenvalue weighted by atomic mass is 10.2. The van der Waals surface area contributed by atoms with Crippen molar-refractivity contribution in [3.63, 3.8) is 0 Å². The predicted molar refractivity (Wildman–Crippen MR) is 64.8 cm³/mol. The molecule has 1 heterocycles. The molecule has 0 aromatic rings. The van der Waals surface area contributed by atoms with Crippen molar-refractivity contribution in [1.29, 1.82) is 0 Å². The molecule has 0 spiro atoms. The third-order valence-corrected chi connectivity index (χ3v) is 4.93. The molecule has 1 rings (SSSR count). The van der Waals surface area contributed by atoms with Crippen LogP contribution in [0.2, 0.25) is 0 Å². The standard InChI is InChI=1S/C10H18N2O5S/c1-2-17-9(13)7-12-10(14)11-6-8-4-3-5-18(8,15)16/h8H,2-7H2,1H3,(H2,11,12,14). The van der Waals surface area contributed by atoms with Crippen molar-refractivity contribution >= 4 is 21.8 Å². The van der Waals surface area contributed by atoms with E-state index in [1.54, 1.807) is 6.92 Å². The Labute approximate surface area is 106 Å². The van der Waals surface area contributed by atoms with Gasteiger partial charge in [-0.15, -0.1) is 0 Å². The van der Waals surface area contributed by atoms with Crippen LogP contribution in [0.1, 0.15) is 19.8 Å². The van der Waals surface area contributed by atoms with Gasteiger partial charge in [0.2, 0.25) is 0 Å². The van der Waals surface area contributed by atoms with Crippen LogP contribution in [-0.2, 0) is 19.4 Å². The normalized spacial score (nSPS) is 21.3. The number of urea groups is 1. The molecule has 0 aliphatic carbocycles. The van der Waals surface area contributed by atoms with Gasteiger partial charge < -0.3 is 15.4 Å². The fourth-order valence-corrected chi connectivity index (χ4v) is 3.49. The molecular weight excluding hydrogens is 260 g/mol. The van der Waals surface area contributed by atoms with Gasteiger partial charge in [-0.1, -0.05) is 0 Å². The molecule has 1 aliphatic rings. The van der Waals surface area contributed by atoms with Crippen molar-refractivity contribution in [2.75, 3.05) is 25.4 Å². The molecule has 0 bridgehead atoms. The van der Waals surface area contributed by atoms with Crippen LogP contribution in [0.3, 0.4) is 0 Å². The van der Waals surface area contributed by atoms with Gasteiger partial charge in [0.25, 0.3) is 0 Å². The fourth-order valence-electron chi connectivity index (χ4n) is 1.72. The first-order valence-electron chi connectivity index (χ1n) is 5.84. The van der Waals surface area contributed by atoms with Crippen LogP contribution in [0.4, 0.5) is 4.79 Å². The lowest BCUT2D eigenvalue weighted by molar-refractivity contribution is -0.141. The summed E-state index contributed by atoms with van der Waals surface area (Å²) in [5, 5.41) is 4.23. The minimum absolute atomic E-state index is 0.0803. The monoisotopic (exact) mass is 278 g/mol. The SMILES string of the molecule is CCOC(=O)CNC(=O)NCC1CCCS1(=O)=O. The van der Waals surface area contributed by atoms with Gasteiger partial charge in [-0.3, -0.25) is 4.79 Å². The van der Waals surface area contributed by atoms with E-state index in [1.165, 1.54) is 0 Å². The first kappa shape index (κ1) is 14.7. The molecule has 0 aromatic heterocycles. The topological polar surface area (TPSA) is 102 Å². The Bertz CT molecular complexity index is 406. The van der Waals surface area contributed by atoms with Crippen molar-refractivity contribution in [1.82, 2.24) is 10.6 Å². The van der Waals surface area contributed by atoms with E-state index in [4.69, 9.17) is 0 Å². The molecule has 1 unspecified atom stereocenters. The summed E-state index contributed by atoms with van der Waals surface area (Å²) in [5.41, 5.74) is 0. The zero-order valence-corrected chi connectivity index (χ0v) is 11.1. The number of rotatable bonds is 5. The summed E-state index contributed by atoms with van der Waals surface area (Å²) >= 11 is 0. The Morgan fingerprint density at radius 1 is 1.33 bits per heavy atom. The molecule has 8 heteroatoms. The van der Waals surface area contributed by atoms with E-state index in [0.717, 1.165) is 0 Å². The molecule has 1 atom stereocenters. The molecule has 1 saturated heterocycles. The van der Waals surface area contributed by atoms with E-state index in [0.29, 0.717) is 12.8 Å². The van der Waals surface area contributed by atoms with Crippen LogP contribution >= 0.6 is 0 Å². The molecule has 104 valence electrons. The zero-order valence-electron chi connectivity index (χ0n) is 10.3. The summed E-state index contributed by atoms with van der Waals surface area (Å²) in [6.45, 7) is 1.78. The summed E-state index contributed by atoms with van der Waals surface area (Å²) in [6.07, 6.45) is 1.21. The van der Waals surface area contributed by atoms with Gasteiger partial charge >= 0.3 is 12.0 Å². The predicted octanol–water partition coefficient (Wildman–Crippen LogP) is -0.574. The van der Waals surface area contributed by atoms with Gasteiger partial charge in [-0.25, -0.2) is 13.2 Å². The van der Waals surface area contributed by atoms with E-state index >= 15 is 0 Å². The van der Waals surface area contributed by atoms with Gasteiger partial charge in [0.15, 0.2) is 9.84 Å². The van der Waals surface area contributed by atoms with Crippen molar-refractivity contribution in [2.45, 2.75) is 25.0 Å². The van der Waals surface area contributed by atoms with E-state index in [9.17, 15) is 18.0 Å². The van der Waals surface area contributed by atoms with Crippen molar-refractivity contribution < 1.29 is 22.7 Å². The second kappa shape index (κ2) is 6.58. The van der Waals surface area contributed by atoms with Crippen LogP contribution in [0.15, 0.2) is 0 Å². The Morgan fingerprint density at radius 2 is 2.06 bits per heavy atom. The zero-order chi connectivity index (χ0) is 13.6. The Kier molecular flexibility index (Phi) is 5.39. The number of amides is 2. The maximum atomic E-state index is 11.5. The molecule has 0 saturated carbocycles. The molecule has 1 fully saturated rings. The molecule has 18 heavy (non-hydrogen) atoms. The third kappa shape index (κ3) is 4.52. The highest BCUT2D eigenvalue weighted by molar-refractivity contribution is 7.92. The van der Waals surface area contributed by atoms with Crippen molar-refractivity contribution in [3.8, 4) is 0 Å². The number of esters is 1. The molecule has 2 N–H and O–H groups in total. The first-order valence-corrected chi connectivity index (χ1v) is 7.56. The number of ether oxygens (including phenoxy) is 1. The van der Waals surface area contributed by atoms with Gasteiger partial charge in [-0.2, -0.15) is 0 Å². The van der Waals surface area contributed by atoms with E-state index in [1.807, 2.05) is 0 Å². The van der Waals surface area contributed by atoms with Crippen LogP contribution in [0, 0.1) is 0 Å². The lowest BCUT2D eigenvalue weighted by Gasteiger charge is -2.11. The molecule has 0 radical (unpaired) electrons. The lowest BCUT2D eigenvalue weighted by Crippen LogP contribution is -2.42. The fraction of sp³-hybridized carbons (Fsp3) is 0.800. The summed E-state index contributed by atoms with van der Waals surface area (Å²) in [7, 11) is -3.06. The van der Waals surface area contributed by atoms with Crippen LogP contribution in [0.25, 0.3) is 0 Å². The maximum Gasteiger partial charge on any atom is 0.325 e. The summed E-state index contributed by atoms with van der Waals surface area (Å²) in [4.78, 5) is 22.2. The largest absolute Gasteiger partial charge is 0.465 e. The third-order valence-electron chi connectivity index (χ3n) is 2.65. The van der Waals surface area contributed by atoms with Gasteiger partial charge in [-0.05, 0) is 19.8 Å². The number of carbonyl (C=O) groups is 2. The number of nitrogens with one attached hydrogen (secondary N) is 2. The highest BCUT2D eigenvalue weighted by atomic mass is 32.2. The maximum absolute atomic E-state index is 11.5. The van der Waals surface area contributed by atoms with E-state index in [2.05, 4.69) is 15.4 Å². The van der Waals surface area contributed by atoms with Gasteiger partial charge in [0, 0.05) is 6.54 Å². The minimum Gasteiger partial charge on any atom is -0.465 e. The number of carbonyl (C=O) groups excluding carboxylic acids is 2. The van der Waals surface area contributed by atoms with Crippen LogP contribution < -0.4 is 10.6 Å². The number of sulfone groups is 1. The highest BCUT2D eigenvalue weighted by Crippen LogP contribution is 2.18. The smallest absolute Gasteiger partial charge is 0.325 e. The second-order valence-corrected chi connectivity index (χ2v) is 6.40.